The second-order valence-corrected chi connectivity index (χ2v) is 5.90. The molecule has 2 aromatic rings. The van der Waals surface area contributed by atoms with Gasteiger partial charge in [-0.2, -0.15) is 0 Å². The van der Waals surface area contributed by atoms with Gasteiger partial charge in [0.05, 0.1) is 6.04 Å². The third-order valence-corrected chi connectivity index (χ3v) is 4.00. The molecular weight excluding hydrogens is 330 g/mol. The van der Waals surface area contributed by atoms with Crippen molar-refractivity contribution in [2.45, 2.75) is 19.4 Å². The van der Waals surface area contributed by atoms with Gasteiger partial charge in [-0.15, -0.1) is 0 Å². The molecule has 1 heterocycles. The SMILES string of the molecule is CC[C@@H]1COC(=C(C(=O)Nc2ccccc2)C(=O)Nc2ccccc2)N1. The molecule has 6 heteroatoms. The molecule has 0 unspecified atom stereocenters. The zero-order chi connectivity index (χ0) is 18.4. The van der Waals surface area contributed by atoms with Crippen LogP contribution < -0.4 is 16.0 Å². The molecule has 2 amide bonds. The molecule has 1 aliphatic rings. The number of anilines is 2. The average molecular weight is 351 g/mol. The zero-order valence-electron chi connectivity index (χ0n) is 14.5. The molecule has 0 aromatic heterocycles. The summed E-state index contributed by atoms with van der Waals surface area (Å²) in [6, 6.07) is 18.0. The Kier molecular flexibility index (Phi) is 5.53. The largest absolute Gasteiger partial charge is 0.476 e. The summed E-state index contributed by atoms with van der Waals surface area (Å²) < 4.78 is 5.58. The van der Waals surface area contributed by atoms with Crippen LogP contribution in [0.2, 0.25) is 0 Å². The number of para-hydroxylation sites is 2. The van der Waals surface area contributed by atoms with E-state index >= 15 is 0 Å². The van der Waals surface area contributed by atoms with Gasteiger partial charge in [-0.1, -0.05) is 43.3 Å². The van der Waals surface area contributed by atoms with Gasteiger partial charge in [-0.05, 0) is 30.7 Å². The molecule has 0 radical (unpaired) electrons. The summed E-state index contributed by atoms with van der Waals surface area (Å²) in [6.45, 7) is 2.43. The molecule has 6 nitrogen and oxygen atoms in total. The van der Waals surface area contributed by atoms with Crippen LogP contribution in [0, 0.1) is 0 Å². The van der Waals surface area contributed by atoms with E-state index in [2.05, 4.69) is 16.0 Å². The lowest BCUT2D eigenvalue weighted by molar-refractivity contribution is -0.118. The standard InChI is InChI=1S/C20H21N3O3/c1-2-14-13-26-20(23-14)17(18(24)21-15-9-5-3-6-10-15)19(25)22-16-11-7-4-8-12-16/h3-12,14,23H,2,13H2,1H3,(H,21,24)(H,22,25)/t14-/m1/s1. The highest BCUT2D eigenvalue weighted by Gasteiger charge is 2.30. The van der Waals surface area contributed by atoms with E-state index in [1.807, 2.05) is 43.3 Å². The maximum atomic E-state index is 12.8. The van der Waals surface area contributed by atoms with E-state index in [-0.39, 0.29) is 17.5 Å². The van der Waals surface area contributed by atoms with Gasteiger partial charge in [-0.25, -0.2) is 0 Å². The Morgan fingerprint density at radius 3 is 1.88 bits per heavy atom. The summed E-state index contributed by atoms with van der Waals surface area (Å²) in [5.74, 6) is -0.841. The lowest BCUT2D eigenvalue weighted by Gasteiger charge is -2.12. The van der Waals surface area contributed by atoms with Crippen LogP contribution in [-0.4, -0.2) is 24.5 Å². The summed E-state index contributed by atoms with van der Waals surface area (Å²) >= 11 is 0. The molecular formula is C20H21N3O3. The molecule has 26 heavy (non-hydrogen) atoms. The fourth-order valence-electron chi connectivity index (χ4n) is 2.56. The zero-order valence-corrected chi connectivity index (χ0v) is 14.5. The molecule has 0 bridgehead atoms. The van der Waals surface area contributed by atoms with Crippen LogP contribution in [0.4, 0.5) is 11.4 Å². The molecule has 134 valence electrons. The van der Waals surface area contributed by atoms with Crippen LogP contribution in [-0.2, 0) is 14.3 Å². The van der Waals surface area contributed by atoms with Crippen LogP contribution in [0.5, 0.6) is 0 Å². The van der Waals surface area contributed by atoms with Crippen molar-refractivity contribution in [1.29, 1.82) is 0 Å². The highest BCUT2D eigenvalue weighted by molar-refractivity contribution is 6.26. The van der Waals surface area contributed by atoms with Gasteiger partial charge in [0.1, 0.15) is 6.61 Å². The Hall–Kier alpha value is -3.28. The summed E-state index contributed by atoms with van der Waals surface area (Å²) in [7, 11) is 0. The predicted octanol–water partition coefficient (Wildman–Crippen LogP) is 2.87. The van der Waals surface area contributed by atoms with Gasteiger partial charge >= 0.3 is 0 Å². The number of rotatable bonds is 5. The van der Waals surface area contributed by atoms with E-state index in [0.29, 0.717) is 18.0 Å². The molecule has 1 atom stereocenters. The van der Waals surface area contributed by atoms with Crippen LogP contribution in [0.25, 0.3) is 0 Å². The highest BCUT2D eigenvalue weighted by atomic mass is 16.5. The Bertz CT molecular complexity index is 748. The maximum Gasteiger partial charge on any atom is 0.266 e. The van der Waals surface area contributed by atoms with Gasteiger partial charge in [0, 0.05) is 11.4 Å². The highest BCUT2D eigenvalue weighted by Crippen LogP contribution is 2.18. The number of ether oxygens (including phenoxy) is 1. The van der Waals surface area contributed by atoms with Gasteiger partial charge in [0.2, 0.25) is 5.88 Å². The number of benzene rings is 2. The molecule has 3 rings (SSSR count). The maximum absolute atomic E-state index is 12.8. The number of hydrogen-bond acceptors (Lipinski definition) is 4. The monoisotopic (exact) mass is 351 g/mol. The molecule has 3 N–H and O–H groups in total. The minimum atomic E-state index is -0.524. The van der Waals surface area contributed by atoms with Crippen molar-refractivity contribution in [3.63, 3.8) is 0 Å². The van der Waals surface area contributed by atoms with Crippen LogP contribution in [0.15, 0.2) is 72.1 Å². The average Bonchev–Trinajstić information content (AvgIpc) is 3.12. The first kappa shape index (κ1) is 17.5. The van der Waals surface area contributed by atoms with E-state index < -0.39 is 11.8 Å². The molecule has 1 saturated heterocycles. The molecule has 1 aliphatic heterocycles. The summed E-state index contributed by atoms with van der Waals surface area (Å²) in [5.41, 5.74) is 1.13. The third-order valence-electron chi connectivity index (χ3n) is 4.00. The fraction of sp³-hybridized carbons (Fsp3) is 0.200. The first-order valence-electron chi connectivity index (χ1n) is 8.53. The Balaban J connectivity index is 1.85. The van der Waals surface area contributed by atoms with Crippen molar-refractivity contribution in [1.82, 2.24) is 5.32 Å². The summed E-state index contributed by atoms with van der Waals surface area (Å²) in [4.78, 5) is 25.6. The summed E-state index contributed by atoms with van der Waals surface area (Å²) in [6.07, 6.45) is 0.831. The van der Waals surface area contributed by atoms with Crippen molar-refractivity contribution in [3.05, 3.63) is 72.1 Å². The van der Waals surface area contributed by atoms with E-state index in [1.165, 1.54) is 0 Å². The first-order chi connectivity index (χ1) is 12.7. The lowest BCUT2D eigenvalue weighted by Crippen LogP contribution is -2.30. The first-order valence-corrected chi connectivity index (χ1v) is 8.53. The van der Waals surface area contributed by atoms with Crippen LogP contribution in [0.3, 0.4) is 0 Å². The molecule has 0 aliphatic carbocycles. The molecule has 2 aromatic carbocycles. The third kappa shape index (κ3) is 4.22. The van der Waals surface area contributed by atoms with Crippen molar-refractivity contribution in [2.75, 3.05) is 17.2 Å². The predicted molar refractivity (Wildman–Crippen MR) is 100 cm³/mol. The van der Waals surface area contributed by atoms with Gasteiger partial charge in [-0.3, -0.25) is 9.59 Å². The minimum absolute atomic E-state index is 0.0753. The second kappa shape index (κ2) is 8.20. The van der Waals surface area contributed by atoms with Gasteiger partial charge < -0.3 is 20.7 Å². The lowest BCUT2D eigenvalue weighted by atomic mass is 10.2. The normalized spacial score (nSPS) is 15.6. The quantitative estimate of drug-likeness (QED) is 0.440. The topological polar surface area (TPSA) is 79.5 Å². The van der Waals surface area contributed by atoms with E-state index in [4.69, 9.17) is 4.74 Å². The molecule has 0 saturated carbocycles. The fourth-order valence-corrected chi connectivity index (χ4v) is 2.56. The Morgan fingerprint density at radius 1 is 0.962 bits per heavy atom. The van der Waals surface area contributed by atoms with Crippen molar-refractivity contribution in [2.24, 2.45) is 0 Å². The van der Waals surface area contributed by atoms with E-state index in [9.17, 15) is 9.59 Å². The number of carbonyl (C=O) groups excluding carboxylic acids is 2. The second-order valence-electron chi connectivity index (χ2n) is 5.90. The van der Waals surface area contributed by atoms with Crippen molar-refractivity contribution in [3.8, 4) is 0 Å². The van der Waals surface area contributed by atoms with Crippen LogP contribution in [0.1, 0.15) is 13.3 Å². The molecule has 0 spiro atoms. The number of carbonyl (C=O) groups is 2. The van der Waals surface area contributed by atoms with Crippen molar-refractivity contribution < 1.29 is 14.3 Å². The van der Waals surface area contributed by atoms with E-state index in [1.54, 1.807) is 24.3 Å². The number of amides is 2. The van der Waals surface area contributed by atoms with Crippen molar-refractivity contribution >= 4 is 23.2 Å². The smallest absolute Gasteiger partial charge is 0.266 e. The van der Waals surface area contributed by atoms with Gasteiger partial charge in [0.25, 0.3) is 11.8 Å². The van der Waals surface area contributed by atoms with Crippen LogP contribution >= 0.6 is 0 Å². The van der Waals surface area contributed by atoms with E-state index in [0.717, 1.165) is 6.42 Å². The number of hydrogen-bond donors (Lipinski definition) is 3. The number of nitrogens with one attached hydrogen (secondary N) is 3. The Labute approximate surface area is 152 Å². The Morgan fingerprint density at radius 2 is 1.46 bits per heavy atom. The van der Waals surface area contributed by atoms with Gasteiger partial charge in [0.15, 0.2) is 5.57 Å². The summed E-state index contributed by atoms with van der Waals surface area (Å²) in [5, 5.41) is 8.59. The minimum Gasteiger partial charge on any atom is -0.476 e. The molecule has 1 fully saturated rings.